The predicted octanol–water partition coefficient (Wildman–Crippen LogP) is 4.08. The number of imidazole rings is 1. The summed E-state index contributed by atoms with van der Waals surface area (Å²) in [6.07, 6.45) is 4.29. The Morgan fingerprint density at radius 2 is 2.25 bits per heavy atom. The van der Waals surface area contributed by atoms with E-state index in [1.165, 1.54) is 0 Å². The predicted molar refractivity (Wildman–Crippen MR) is 82.6 cm³/mol. The first-order chi connectivity index (χ1) is 9.65. The lowest BCUT2D eigenvalue weighted by Gasteiger charge is -2.08. The average Bonchev–Trinajstić information content (AvgIpc) is 3.02. The van der Waals surface area contributed by atoms with E-state index in [1.54, 1.807) is 17.5 Å². The summed E-state index contributed by atoms with van der Waals surface area (Å²) in [6, 6.07) is 1.81. The highest BCUT2D eigenvalue weighted by Gasteiger charge is 2.16. The summed E-state index contributed by atoms with van der Waals surface area (Å²) in [7, 11) is 0. The SMILES string of the molecule is CC(Cl)c1nc2cc(Cl)cnc2n1CCc1nccs1. The standard InChI is InChI=1S/C13H12Cl2N4S/c1-8(14)12-18-10-6-9(15)7-17-13(10)19(12)4-2-11-16-3-5-20-11/h3,5-8H,2,4H2,1H3. The van der Waals surface area contributed by atoms with Crippen LogP contribution in [0.1, 0.15) is 23.1 Å². The fourth-order valence-electron chi connectivity index (χ4n) is 2.11. The molecule has 7 heteroatoms. The highest BCUT2D eigenvalue weighted by molar-refractivity contribution is 7.09. The van der Waals surface area contributed by atoms with E-state index in [-0.39, 0.29) is 5.38 Å². The van der Waals surface area contributed by atoms with Gasteiger partial charge >= 0.3 is 0 Å². The summed E-state index contributed by atoms with van der Waals surface area (Å²) in [5.41, 5.74) is 1.59. The van der Waals surface area contributed by atoms with E-state index in [4.69, 9.17) is 23.2 Å². The van der Waals surface area contributed by atoms with Crippen LogP contribution in [0, 0.1) is 0 Å². The molecule has 3 heterocycles. The van der Waals surface area contributed by atoms with Crippen LogP contribution in [0.4, 0.5) is 0 Å². The van der Waals surface area contributed by atoms with Crippen molar-refractivity contribution in [3.05, 3.63) is 39.7 Å². The molecule has 3 aromatic rings. The van der Waals surface area contributed by atoms with E-state index in [2.05, 4.69) is 15.0 Å². The van der Waals surface area contributed by atoms with Gasteiger partial charge in [0.1, 0.15) is 11.3 Å². The molecule has 1 unspecified atom stereocenters. The first-order valence-electron chi connectivity index (χ1n) is 6.19. The minimum Gasteiger partial charge on any atom is -0.311 e. The van der Waals surface area contributed by atoms with Gasteiger partial charge in [0.2, 0.25) is 0 Å². The van der Waals surface area contributed by atoms with Crippen LogP contribution in [-0.2, 0) is 13.0 Å². The normalized spacial score (nSPS) is 12.9. The smallest absolute Gasteiger partial charge is 0.160 e. The average molecular weight is 327 g/mol. The van der Waals surface area contributed by atoms with Gasteiger partial charge in [-0.25, -0.2) is 15.0 Å². The van der Waals surface area contributed by atoms with Gasteiger partial charge in [0, 0.05) is 30.7 Å². The van der Waals surface area contributed by atoms with Crippen molar-refractivity contribution >= 4 is 45.7 Å². The van der Waals surface area contributed by atoms with Gasteiger partial charge in [-0.1, -0.05) is 11.6 Å². The molecule has 0 bridgehead atoms. The van der Waals surface area contributed by atoms with Crippen molar-refractivity contribution in [3.8, 4) is 0 Å². The summed E-state index contributed by atoms with van der Waals surface area (Å²) >= 11 is 13.8. The molecule has 0 spiro atoms. The number of alkyl halides is 1. The van der Waals surface area contributed by atoms with Gasteiger partial charge in [-0.3, -0.25) is 0 Å². The van der Waals surface area contributed by atoms with E-state index < -0.39 is 0 Å². The van der Waals surface area contributed by atoms with Gasteiger partial charge in [-0.15, -0.1) is 22.9 Å². The molecule has 3 aromatic heterocycles. The van der Waals surface area contributed by atoms with Gasteiger partial charge in [-0.05, 0) is 13.0 Å². The van der Waals surface area contributed by atoms with Crippen LogP contribution >= 0.6 is 34.5 Å². The van der Waals surface area contributed by atoms with E-state index in [9.17, 15) is 0 Å². The molecule has 3 rings (SSSR count). The molecule has 4 nitrogen and oxygen atoms in total. The second kappa shape index (κ2) is 5.68. The summed E-state index contributed by atoms with van der Waals surface area (Å²) < 4.78 is 2.05. The van der Waals surface area contributed by atoms with Crippen LogP contribution in [0.25, 0.3) is 11.2 Å². The van der Waals surface area contributed by atoms with Crippen LogP contribution in [0.2, 0.25) is 5.02 Å². The summed E-state index contributed by atoms with van der Waals surface area (Å²) in [6.45, 7) is 2.66. The lowest BCUT2D eigenvalue weighted by Crippen LogP contribution is -2.07. The van der Waals surface area contributed by atoms with E-state index in [1.807, 2.05) is 29.1 Å². The van der Waals surface area contributed by atoms with Gasteiger partial charge < -0.3 is 4.57 Å². The molecule has 1 atom stereocenters. The lowest BCUT2D eigenvalue weighted by molar-refractivity contribution is 0.661. The molecule has 104 valence electrons. The monoisotopic (exact) mass is 326 g/mol. The highest BCUT2D eigenvalue weighted by atomic mass is 35.5. The Bertz CT molecular complexity index is 721. The van der Waals surface area contributed by atoms with Gasteiger partial charge in [0.15, 0.2) is 5.65 Å². The minimum absolute atomic E-state index is 0.181. The molecular formula is C13H12Cl2N4S. The molecule has 0 aliphatic carbocycles. The van der Waals surface area contributed by atoms with Crippen molar-refractivity contribution in [2.75, 3.05) is 0 Å². The quantitative estimate of drug-likeness (QED) is 0.678. The van der Waals surface area contributed by atoms with Crippen LogP contribution in [0.3, 0.4) is 0 Å². The maximum atomic E-state index is 6.22. The second-order valence-corrected chi connectivity index (χ2v) is 6.48. The molecular weight excluding hydrogens is 315 g/mol. The van der Waals surface area contributed by atoms with E-state index >= 15 is 0 Å². The maximum absolute atomic E-state index is 6.22. The van der Waals surface area contributed by atoms with E-state index in [0.717, 1.165) is 35.0 Å². The number of hydrogen-bond acceptors (Lipinski definition) is 4. The molecule has 0 saturated carbocycles. The third-order valence-corrected chi connectivity index (χ3v) is 4.21. The summed E-state index contributed by atoms with van der Waals surface area (Å²) in [5, 5.41) is 3.47. The Balaban J connectivity index is 2.00. The number of hydrogen-bond donors (Lipinski definition) is 0. The second-order valence-electron chi connectivity index (χ2n) is 4.41. The van der Waals surface area contributed by atoms with Gasteiger partial charge in [-0.2, -0.15) is 0 Å². The van der Waals surface area contributed by atoms with Crippen molar-refractivity contribution in [3.63, 3.8) is 0 Å². The largest absolute Gasteiger partial charge is 0.311 e. The minimum atomic E-state index is -0.181. The third kappa shape index (κ3) is 2.66. The number of nitrogens with zero attached hydrogens (tertiary/aromatic N) is 4. The zero-order valence-electron chi connectivity index (χ0n) is 10.8. The van der Waals surface area contributed by atoms with Crippen LogP contribution in [-0.4, -0.2) is 19.5 Å². The molecule has 0 saturated heterocycles. The molecule has 0 N–H and O–H groups in total. The zero-order chi connectivity index (χ0) is 14.1. The van der Waals surface area contributed by atoms with Crippen LogP contribution < -0.4 is 0 Å². The summed E-state index contributed by atoms with van der Waals surface area (Å²) in [4.78, 5) is 13.2. The number of halogens is 2. The highest BCUT2D eigenvalue weighted by Crippen LogP contribution is 2.25. The Labute approximate surface area is 130 Å². The third-order valence-electron chi connectivity index (χ3n) is 2.97. The van der Waals surface area contributed by atoms with E-state index in [0.29, 0.717) is 5.02 Å². The fraction of sp³-hybridized carbons (Fsp3) is 0.308. The van der Waals surface area contributed by atoms with Crippen molar-refractivity contribution in [1.29, 1.82) is 0 Å². The first kappa shape index (κ1) is 13.8. The Morgan fingerprint density at radius 1 is 1.40 bits per heavy atom. The molecule has 0 aliphatic rings. The zero-order valence-corrected chi connectivity index (χ0v) is 13.1. The molecule has 20 heavy (non-hydrogen) atoms. The van der Waals surface area contributed by atoms with Crippen LogP contribution in [0.5, 0.6) is 0 Å². The van der Waals surface area contributed by atoms with Gasteiger partial charge in [0.25, 0.3) is 0 Å². The Kier molecular flexibility index (Phi) is 3.92. The Hall–Kier alpha value is -1.17. The topological polar surface area (TPSA) is 43.6 Å². The summed E-state index contributed by atoms with van der Waals surface area (Å²) in [5.74, 6) is 0.813. The van der Waals surface area contributed by atoms with Crippen molar-refractivity contribution in [2.24, 2.45) is 0 Å². The fourth-order valence-corrected chi connectivity index (χ4v) is 3.04. The number of aryl methyl sites for hydroxylation is 2. The van der Waals surface area contributed by atoms with Crippen molar-refractivity contribution in [1.82, 2.24) is 19.5 Å². The first-order valence-corrected chi connectivity index (χ1v) is 7.88. The number of thiazole rings is 1. The molecule has 0 aliphatic heterocycles. The number of fused-ring (bicyclic) bond motifs is 1. The molecule has 0 amide bonds. The van der Waals surface area contributed by atoms with Crippen LogP contribution in [0.15, 0.2) is 23.8 Å². The maximum Gasteiger partial charge on any atom is 0.160 e. The molecule has 0 radical (unpaired) electrons. The lowest BCUT2D eigenvalue weighted by atomic mass is 10.4. The Morgan fingerprint density at radius 3 is 2.95 bits per heavy atom. The van der Waals surface area contributed by atoms with Crippen molar-refractivity contribution < 1.29 is 0 Å². The number of aromatic nitrogens is 4. The van der Waals surface area contributed by atoms with Crippen molar-refractivity contribution in [2.45, 2.75) is 25.3 Å². The number of rotatable bonds is 4. The molecule has 0 aromatic carbocycles. The van der Waals surface area contributed by atoms with Gasteiger partial charge in [0.05, 0.1) is 15.4 Å². The number of pyridine rings is 1. The molecule has 0 fully saturated rings.